The third-order valence-electron chi connectivity index (χ3n) is 4.36. The Balaban J connectivity index is 3.65. The molecule has 2 atom stereocenters. The monoisotopic (exact) mass is 254 g/mol. The molecule has 0 spiro atoms. The van der Waals surface area contributed by atoms with Gasteiger partial charge in [-0.1, -0.05) is 98.3 Å². The summed E-state index contributed by atoms with van der Waals surface area (Å²) in [6.07, 6.45) is 17.3. The largest absolute Gasteiger partial charge is 0.0654 e. The number of rotatable bonds is 13. The summed E-state index contributed by atoms with van der Waals surface area (Å²) in [4.78, 5) is 0. The van der Waals surface area contributed by atoms with Crippen LogP contribution in [0.5, 0.6) is 0 Å². The van der Waals surface area contributed by atoms with Gasteiger partial charge in [-0.15, -0.1) is 0 Å². The molecule has 110 valence electrons. The van der Waals surface area contributed by atoms with Crippen LogP contribution in [-0.2, 0) is 0 Å². The third-order valence-corrected chi connectivity index (χ3v) is 4.36. The summed E-state index contributed by atoms with van der Waals surface area (Å²) in [7, 11) is 0. The summed E-state index contributed by atoms with van der Waals surface area (Å²) < 4.78 is 0. The van der Waals surface area contributed by atoms with Gasteiger partial charge in [0.05, 0.1) is 0 Å². The highest BCUT2D eigenvalue weighted by Crippen LogP contribution is 2.25. The van der Waals surface area contributed by atoms with E-state index in [4.69, 9.17) is 0 Å². The predicted octanol–water partition coefficient (Wildman–Crippen LogP) is 6.98. The maximum Gasteiger partial charge on any atom is -0.0412 e. The highest BCUT2D eigenvalue weighted by atomic mass is 14.2. The van der Waals surface area contributed by atoms with E-state index in [0.29, 0.717) is 0 Å². The fourth-order valence-corrected chi connectivity index (χ4v) is 2.82. The van der Waals surface area contributed by atoms with Crippen LogP contribution in [0.25, 0.3) is 0 Å². The van der Waals surface area contributed by atoms with E-state index < -0.39 is 0 Å². The van der Waals surface area contributed by atoms with Crippen molar-refractivity contribution in [3.63, 3.8) is 0 Å². The van der Waals surface area contributed by atoms with Gasteiger partial charge in [0, 0.05) is 0 Å². The molecule has 0 radical (unpaired) electrons. The first-order chi connectivity index (χ1) is 8.74. The van der Waals surface area contributed by atoms with E-state index in [1.807, 2.05) is 0 Å². The van der Waals surface area contributed by atoms with E-state index >= 15 is 0 Å². The Morgan fingerprint density at radius 3 is 1.83 bits per heavy atom. The summed E-state index contributed by atoms with van der Waals surface area (Å²) >= 11 is 0. The fourth-order valence-electron chi connectivity index (χ4n) is 2.82. The fraction of sp³-hybridized carbons (Fsp3) is 1.00. The molecule has 18 heavy (non-hydrogen) atoms. The van der Waals surface area contributed by atoms with Crippen LogP contribution in [0.4, 0.5) is 0 Å². The van der Waals surface area contributed by atoms with Gasteiger partial charge in [-0.3, -0.25) is 0 Å². The van der Waals surface area contributed by atoms with Gasteiger partial charge in [0.15, 0.2) is 0 Å². The average molecular weight is 255 g/mol. The van der Waals surface area contributed by atoms with Crippen LogP contribution < -0.4 is 0 Å². The molecule has 0 aliphatic carbocycles. The Morgan fingerprint density at radius 1 is 0.667 bits per heavy atom. The standard InChI is InChI=1S/C18H38/c1-5-8-10-11-12-13-15-18(14-9-6-2)16-17(4)7-3/h17-18H,5-16H2,1-4H3. The Bertz CT molecular complexity index is 150. The van der Waals surface area contributed by atoms with Crippen LogP contribution in [0, 0.1) is 11.8 Å². The maximum atomic E-state index is 2.43. The van der Waals surface area contributed by atoms with E-state index in [9.17, 15) is 0 Å². The molecule has 0 aromatic rings. The molecule has 0 heterocycles. The topological polar surface area (TPSA) is 0 Å². The summed E-state index contributed by atoms with van der Waals surface area (Å²) in [6.45, 7) is 9.39. The summed E-state index contributed by atoms with van der Waals surface area (Å²) in [5.74, 6) is 1.96. The number of hydrogen-bond acceptors (Lipinski definition) is 0. The minimum Gasteiger partial charge on any atom is -0.0654 e. The highest BCUT2D eigenvalue weighted by Gasteiger charge is 2.11. The number of unbranched alkanes of at least 4 members (excludes halogenated alkanes) is 6. The molecule has 0 aromatic carbocycles. The van der Waals surface area contributed by atoms with Gasteiger partial charge >= 0.3 is 0 Å². The molecule has 0 saturated carbocycles. The van der Waals surface area contributed by atoms with Crippen LogP contribution in [0.1, 0.15) is 105 Å². The van der Waals surface area contributed by atoms with Crippen LogP contribution in [0.2, 0.25) is 0 Å². The Morgan fingerprint density at radius 2 is 1.22 bits per heavy atom. The van der Waals surface area contributed by atoms with Gasteiger partial charge in [0.25, 0.3) is 0 Å². The quantitative estimate of drug-likeness (QED) is 0.311. The smallest absolute Gasteiger partial charge is 0.0412 e. The molecule has 0 aliphatic rings. The summed E-state index contributed by atoms with van der Waals surface area (Å²) in [6, 6.07) is 0. The predicted molar refractivity (Wildman–Crippen MR) is 85.1 cm³/mol. The number of hydrogen-bond donors (Lipinski definition) is 0. The molecule has 0 bridgehead atoms. The zero-order valence-electron chi connectivity index (χ0n) is 13.6. The van der Waals surface area contributed by atoms with Crippen molar-refractivity contribution < 1.29 is 0 Å². The van der Waals surface area contributed by atoms with Crippen molar-refractivity contribution in [2.24, 2.45) is 11.8 Å². The average Bonchev–Trinajstić information content (AvgIpc) is 2.39. The van der Waals surface area contributed by atoms with Gasteiger partial charge in [-0.25, -0.2) is 0 Å². The van der Waals surface area contributed by atoms with Crippen LogP contribution >= 0.6 is 0 Å². The molecular weight excluding hydrogens is 216 g/mol. The van der Waals surface area contributed by atoms with Gasteiger partial charge in [0.1, 0.15) is 0 Å². The zero-order chi connectivity index (χ0) is 13.6. The van der Waals surface area contributed by atoms with Crippen molar-refractivity contribution in [3.05, 3.63) is 0 Å². The van der Waals surface area contributed by atoms with E-state index in [2.05, 4.69) is 27.7 Å². The SMILES string of the molecule is CCCCCCCCC(CCCC)CC(C)CC. The molecule has 0 nitrogen and oxygen atoms in total. The van der Waals surface area contributed by atoms with Crippen molar-refractivity contribution >= 4 is 0 Å². The normalized spacial score (nSPS) is 14.7. The van der Waals surface area contributed by atoms with Gasteiger partial charge in [-0.05, 0) is 18.3 Å². The minimum atomic E-state index is 0.937. The zero-order valence-corrected chi connectivity index (χ0v) is 13.6. The van der Waals surface area contributed by atoms with Gasteiger partial charge in [-0.2, -0.15) is 0 Å². The first-order valence-electron chi connectivity index (χ1n) is 8.74. The summed E-state index contributed by atoms with van der Waals surface area (Å²) in [5.41, 5.74) is 0. The van der Waals surface area contributed by atoms with Crippen LogP contribution in [0.15, 0.2) is 0 Å². The molecule has 0 saturated heterocycles. The van der Waals surface area contributed by atoms with Gasteiger partial charge in [0.2, 0.25) is 0 Å². The second-order valence-electron chi connectivity index (χ2n) is 6.31. The molecule has 0 fully saturated rings. The van der Waals surface area contributed by atoms with E-state index in [1.54, 1.807) is 0 Å². The minimum absolute atomic E-state index is 0.937. The molecule has 0 heteroatoms. The second kappa shape index (κ2) is 13.4. The Labute approximate surface area is 117 Å². The van der Waals surface area contributed by atoms with Crippen molar-refractivity contribution in [2.75, 3.05) is 0 Å². The lowest BCUT2D eigenvalue weighted by Crippen LogP contribution is -2.06. The molecule has 0 rings (SSSR count). The highest BCUT2D eigenvalue weighted by molar-refractivity contribution is 4.64. The van der Waals surface area contributed by atoms with Crippen LogP contribution in [-0.4, -0.2) is 0 Å². The molecule has 2 unspecified atom stereocenters. The summed E-state index contributed by atoms with van der Waals surface area (Å²) in [5, 5.41) is 0. The first kappa shape index (κ1) is 18.0. The maximum absolute atomic E-state index is 2.43. The first-order valence-corrected chi connectivity index (χ1v) is 8.74. The van der Waals surface area contributed by atoms with Crippen molar-refractivity contribution in [2.45, 2.75) is 105 Å². The van der Waals surface area contributed by atoms with Crippen molar-refractivity contribution in [1.29, 1.82) is 0 Å². The van der Waals surface area contributed by atoms with Crippen LogP contribution in [0.3, 0.4) is 0 Å². The van der Waals surface area contributed by atoms with E-state index in [0.717, 1.165) is 11.8 Å². The molecular formula is C18H38. The lowest BCUT2D eigenvalue weighted by molar-refractivity contribution is 0.326. The van der Waals surface area contributed by atoms with E-state index in [1.165, 1.54) is 77.0 Å². The Hall–Kier alpha value is 0. The lowest BCUT2D eigenvalue weighted by Gasteiger charge is -2.20. The van der Waals surface area contributed by atoms with Crippen molar-refractivity contribution in [1.82, 2.24) is 0 Å². The van der Waals surface area contributed by atoms with Crippen molar-refractivity contribution in [3.8, 4) is 0 Å². The second-order valence-corrected chi connectivity index (χ2v) is 6.31. The lowest BCUT2D eigenvalue weighted by atomic mass is 9.86. The van der Waals surface area contributed by atoms with Gasteiger partial charge < -0.3 is 0 Å². The third kappa shape index (κ3) is 11.1. The Kier molecular flexibility index (Phi) is 13.4. The van der Waals surface area contributed by atoms with E-state index in [-0.39, 0.29) is 0 Å². The molecule has 0 aromatic heterocycles. The molecule has 0 amide bonds. The molecule has 0 N–H and O–H groups in total. The molecule has 0 aliphatic heterocycles.